The third-order valence-corrected chi connectivity index (χ3v) is 7.24. The molecule has 1 fully saturated rings. The second-order valence-electron chi connectivity index (χ2n) is 8.24. The summed E-state index contributed by atoms with van der Waals surface area (Å²) in [5.41, 5.74) is 1.58. The molecular weight excluding hydrogens is 497 g/mol. The van der Waals surface area contributed by atoms with Gasteiger partial charge in [0.05, 0.1) is 23.9 Å². The maximum Gasteiger partial charge on any atom is 0.324 e. The molecule has 1 aliphatic heterocycles. The highest BCUT2D eigenvalue weighted by atomic mass is 32.2. The molecule has 0 bridgehead atoms. The fourth-order valence-corrected chi connectivity index (χ4v) is 5.16. The van der Waals surface area contributed by atoms with Crippen LogP contribution in [0.3, 0.4) is 0 Å². The van der Waals surface area contributed by atoms with Gasteiger partial charge in [-0.1, -0.05) is 18.2 Å². The van der Waals surface area contributed by atoms with E-state index in [1.54, 1.807) is 35.0 Å². The van der Waals surface area contributed by atoms with Crippen LogP contribution in [0.5, 0.6) is 0 Å². The fourth-order valence-electron chi connectivity index (χ4n) is 4.10. The SMILES string of the molecule is Cn1ncc2cccc(N(Cc3ccc(-c4nnc(C(F)F)o4)cc3F)C(=O)N3CCS(=O)CC3)c21. The molecule has 2 amide bonds. The highest BCUT2D eigenvalue weighted by Gasteiger charge is 2.28. The fraction of sp³-hybridized carbons (Fsp3) is 0.304. The Morgan fingerprint density at radius 2 is 1.97 bits per heavy atom. The number of amides is 2. The van der Waals surface area contributed by atoms with Gasteiger partial charge < -0.3 is 9.32 Å². The van der Waals surface area contributed by atoms with Crippen molar-refractivity contribution in [2.45, 2.75) is 13.0 Å². The zero-order chi connectivity index (χ0) is 25.4. The maximum atomic E-state index is 15.2. The van der Waals surface area contributed by atoms with E-state index >= 15 is 4.39 Å². The number of fused-ring (bicyclic) bond motifs is 1. The first kappa shape index (κ1) is 24.0. The van der Waals surface area contributed by atoms with Gasteiger partial charge in [-0.2, -0.15) is 13.9 Å². The maximum absolute atomic E-state index is 15.2. The van der Waals surface area contributed by atoms with Crippen LogP contribution in [0.25, 0.3) is 22.4 Å². The van der Waals surface area contributed by atoms with E-state index < -0.39 is 28.9 Å². The van der Waals surface area contributed by atoms with Crippen LogP contribution in [0.15, 0.2) is 47.0 Å². The summed E-state index contributed by atoms with van der Waals surface area (Å²) in [7, 11) is 0.784. The number of benzene rings is 2. The predicted octanol–water partition coefficient (Wildman–Crippen LogP) is 3.89. The third kappa shape index (κ3) is 4.57. The van der Waals surface area contributed by atoms with Gasteiger partial charge in [0.2, 0.25) is 5.89 Å². The van der Waals surface area contributed by atoms with Crippen molar-refractivity contribution in [1.82, 2.24) is 24.9 Å². The molecule has 188 valence electrons. The number of carbonyl (C=O) groups excluding carboxylic acids is 1. The highest BCUT2D eigenvalue weighted by molar-refractivity contribution is 7.85. The molecule has 2 aromatic heterocycles. The molecule has 0 atom stereocenters. The Kier molecular flexibility index (Phi) is 6.48. The lowest BCUT2D eigenvalue weighted by molar-refractivity contribution is 0.116. The number of aryl methyl sites for hydroxylation is 1. The molecule has 0 saturated carbocycles. The number of rotatable bonds is 5. The lowest BCUT2D eigenvalue weighted by Gasteiger charge is -2.33. The molecule has 4 aromatic rings. The Bertz CT molecular complexity index is 1450. The number of carbonyl (C=O) groups is 1. The van der Waals surface area contributed by atoms with Crippen LogP contribution in [0, 0.1) is 5.82 Å². The summed E-state index contributed by atoms with van der Waals surface area (Å²) >= 11 is 0. The summed E-state index contributed by atoms with van der Waals surface area (Å²) in [6.45, 7) is 0.545. The summed E-state index contributed by atoms with van der Waals surface area (Å²) in [6, 6.07) is 9.11. The van der Waals surface area contributed by atoms with Crippen molar-refractivity contribution in [3.8, 4) is 11.5 Å². The first-order chi connectivity index (χ1) is 17.3. The number of hydrogen-bond donors (Lipinski definition) is 0. The molecule has 0 aliphatic carbocycles. The lowest BCUT2D eigenvalue weighted by Crippen LogP contribution is -2.48. The molecule has 13 heteroatoms. The monoisotopic (exact) mass is 518 g/mol. The van der Waals surface area contributed by atoms with Crippen LogP contribution in [0.2, 0.25) is 0 Å². The number of nitrogens with zero attached hydrogens (tertiary/aromatic N) is 6. The molecule has 0 N–H and O–H groups in total. The molecule has 0 unspecified atom stereocenters. The second kappa shape index (κ2) is 9.72. The second-order valence-corrected chi connectivity index (χ2v) is 9.94. The standard InChI is InChI=1S/C23H21F3N6O3S/c1-30-19-15(12-27-30)3-2-4-18(19)32(23(33)31-7-9-36(34)10-8-31)13-16-6-5-14(11-17(16)24)21-28-29-22(35-21)20(25)26/h2-6,11-12,20H,7-10,13H2,1H3. The molecular formula is C23H21F3N6O3S. The summed E-state index contributed by atoms with van der Waals surface area (Å²) in [5, 5.41) is 11.9. The van der Waals surface area contributed by atoms with Crippen molar-refractivity contribution < 1.29 is 26.6 Å². The van der Waals surface area contributed by atoms with E-state index in [-0.39, 0.29) is 29.6 Å². The molecule has 3 heterocycles. The van der Waals surface area contributed by atoms with E-state index in [1.165, 1.54) is 17.0 Å². The van der Waals surface area contributed by atoms with E-state index in [9.17, 15) is 17.8 Å². The molecule has 0 spiro atoms. The van der Waals surface area contributed by atoms with E-state index in [0.717, 1.165) is 11.5 Å². The number of urea groups is 1. The number of para-hydroxylation sites is 1. The summed E-state index contributed by atoms with van der Waals surface area (Å²) in [5.74, 6) is -0.992. The topological polar surface area (TPSA) is 97.4 Å². The summed E-state index contributed by atoms with van der Waals surface area (Å²) in [6.07, 6.45) is -1.25. The van der Waals surface area contributed by atoms with E-state index in [1.807, 2.05) is 6.07 Å². The van der Waals surface area contributed by atoms with Gasteiger partial charge in [0.15, 0.2) is 0 Å². The van der Waals surface area contributed by atoms with Gasteiger partial charge in [0.1, 0.15) is 5.82 Å². The molecule has 0 radical (unpaired) electrons. The molecule has 5 rings (SSSR count). The van der Waals surface area contributed by atoms with E-state index in [0.29, 0.717) is 35.8 Å². The van der Waals surface area contributed by atoms with E-state index in [4.69, 9.17) is 4.42 Å². The van der Waals surface area contributed by atoms with Gasteiger partial charge in [0.25, 0.3) is 5.89 Å². The summed E-state index contributed by atoms with van der Waals surface area (Å²) in [4.78, 5) is 16.7. The van der Waals surface area contributed by atoms with Crippen molar-refractivity contribution >= 4 is 33.4 Å². The van der Waals surface area contributed by atoms with Crippen LogP contribution in [0.1, 0.15) is 17.9 Å². The van der Waals surface area contributed by atoms with Crippen molar-refractivity contribution in [2.24, 2.45) is 7.05 Å². The summed E-state index contributed by atoms with van der Waals surface area (Å²) < 4.78 is 59.1. The molecule has 36 heavy (non-hydrogen) atoms. The molecule has 9 nitrogen and oxygen atoms in total. The Morgan fingerprint density at radius 3 is 2.67 bits per heavy atom. The van der Waals surface area contributed by atoms with E-state index in [2.05, 4.69) is 15.3 Å². The average molecular weight is 519 g/mol. The molecule has 1 saturated heterocycles. The zero-order valence-electron chi connectivity index (χ0n) is 19.1. The van der Waals surface area contributed by atoms with Gasteiger partial charge in [-0.3, -0.25) is 13.8 Å². The molecule has 2 aromatic carbocycles. The highest BCUT2D eigenvalue weighted by Crippen LogP contribution is 2.30. The van der Waals surface area contributed by atoms with Gasteiger partial charge in [-0.25, -0.2) is 9.18 Å². The van der Waals surface area contributed by atoms with Crippen LogP contribution in [-0.2, 0) is 24.4 Å². The van der Waals surface area contributed by atoms with Crippen LogP contribution < -0.4 is 4.90 Å². The van der Waals surface area contributed by atoms with Crippen molar-refractivity contribution in [3.05, 3.63) is 59.9 Å². The van der Waals surface area contributed by atoms with Gasteiger partial charge in [0, 0.05) is 59.0 Å². The van der Waals surface area contributed by atoms with Crippen molar-refractivity contribution in [2.75, 3.05) is 29.5 Å². The number of halogens is 3. The average Bonchev–Trinajstić information content (AvgIpc) is 3.51. The Hall–Kier alpha value is -3.74. The first-order valence-electron chi connectivity index (χ1n) is 11.0. The normalized spacial score (nSPS) is 14.6. The Morgan fingerprint density at radius 1 is 1.19 bits per heavy atom. The van der Waals surface area contributed by atoms with Crippen molar-refractivity contribution in [3.63, 3.8) is 0 Å². The van der Waals surface area contributed by atoms with Gasteiger partial charge in [-0.05, 0) is 18.2 Å². The number of anilines is 1. The minimum Gasteiger partial charge on any atom is -0.415 e. The minimum absolute atomic E-state index is 0.110. The van der Waals surface area contributed by atoms with Crippen molar-refractivity contribution in [1.29, 1.82) is 0 Å². The predicted molar refractivity (Wildman–Crippen MR) is 126 cm³/mol. The third-order valence-electron chi connectivity index (χ3n) is 5.97. The van der Waals surface area contributed by atoms with Gasteiger partial charge >= 0.3 is 12.5 Å². The number of alkyl halides is 2. The largest absolute Gasteiger partial charge is 0.415 e. The lowest BCUT2D eigenvalue weighted by atomic mass is 10.1. The smallest absolute Gasteiger partial charge is 0.324 e. The van der Waals surface area contributed by atoms with Crippen LogP contribution in [-0.4, -0.2) is 59.7 Å². The quantitative estimate of drug-likeness (QED) is 0.398. The van der Waals surface area contributed by atoms with Gasteiger partial charge in [-0.15, -0.1) is 10.2 Å². The Balaban J connectivity index is 1.50. The van der Waals surface area contributed by atoms with Crippen LogP contribution in [0.4, 0.5) is 23.7 Å². The molecule has 1 aliphatic rings. The first-order valence-corrected chi connectivity index (χ1v) is 12.5. The Labute approximate surface area is 206 Å². The minimum atomic E-state index is -2.93. The van der Waals surface area contributed by atoms with Crippen LogP contribution >= 0.6 is 0 Å². The number of hydrogen-bond acceptors (Lipinski definition) is 6. The number of aromatic nitrogens is 4. The zero-order valence-corrected chi connectivity index (χ0v) is 19.9.